The molecular formula is C12H11ClN2O. The van der Waals surface area contributed by atoms with Crippen LogP contribution in [0.5, 0.6) is 0 Å². The van der Waals surface area contributed by atoms with Gasteiger partial charge in [0.05, 0.1) is 5.69 Å². The Hall–Kier alpha value is -1.61. The van der Waals surface area contributed by atoms with Gasteiger partial charge in [-0.2, -0.15) is 5.10 Å². The van der Waals surface area contributed by atoms with E-state index in [2.05, 4.69) is 5.10 Å². The lowest BCUT2D eigenvalue weighted by molar-refractivity contribution is 0.712. The molecule has 1 aromatic heterocycles. The number of hydrogen-bond acceptors (Lipinski definition) is 2. The molecule has 0 N–H and O–H groups in total. The van der Waals surface area contributed by atoms with E-state index in [9.17, 15) is 4.79 Å². The fourth-order valence-corrected chi connectivity index (χ4v) is 1.59. The van der Waals surface area contributed by atoms with Gasteiger partial charge < -0.3 is 0 Å². The van der Waals surface area contributed by atoms with Crippen molar-refractivity contribution >= 4 is 11.6 Å². The fourth-order valence-electron chi connectivity index (χ4n) is 1.41. The normalized spacial score (nSPS) is 10.4. The Kier molecular flexibility index (Phi) is 2.79. The van der Waals surface area contributed by atoms with Crippen molar-refractivity contribution in [3.63, 3.8) is 0 Å². The molecule has 0 unspecified atom stereocenters. The topological polar surface area (TPSA) is 34.9 Å². The van der Waals surface area contributed by atoms with Crippen LogP contribution in [-0.2, 0) is 7.05 Å². The fraction of sp³-hybridized carbons (Fsp3) is 0.167. The molecular weight excluding hydrogens is 224 g/mol. The Bertz CT molecular complexity index is 590. The lowest BCUT2D eigenvalue weighted by Crippen LogP contribution is -2.18. The zero-order valence-electron chi connectivity index (χ0n) is 9.07. The van der Waals surface area contributed by atoms with E-state index in [4.69, 9.17) is 11.6 Å². The summed E-state index contributed by atoms with van der Waals surface area (Å²) in [6, 6.07) is 8.92. The van der Waals surface area contributed by atoms with Gasteiger partial charge in [-0.05, 0) is 24.6 Å². The predicted octanol–water partition coefficient (Wildman–Crippen LogP) is 2.41. The molecule has 0 saturated carbocycles. The van der Waals surface area contributed by atoms with Crippen molar-refractivity contribution in [2.75, 3.05) is 0 Å². The molecule has 16 heavy (non-hydrogen) atoms. The highest BCUT2D eigenvalue weighted by atomic mass is 35.5. The van der Waals surface area contributed by atoms with Crippen molar-refractivity contribution in [2.45, 2.75) is 6.92 Å². The monoisotopic (exact) mass is 234 g/mol. The van der Waals surface area contributed by atoms with Crippen molar-refractivity contribution in [3.05, 3.63) is 51.3 Å². The van der Waals surface area contributed by atoms with Gasteiger partial charge >= 0.3 is 0 Å². The van der Waals surface area contributed by atoms with Gasteiger partial charge in [-0.15, -0.1) is 0 Å². The molecule has 1 heterocycles. The van der Waals surface area contributed by atoms with E-state index in [1.54, 1.807) is 13.1 Å². The number of rotatable bonds is 1. The highest BCUT2D eigenvalue weighted by molar-refractivity contribution is 6.31. The Morgan fingerprint density at radius 3 is 2.62 bits per heavy atom. The molecule has 0 fully saturated rings. The molecule has 0 bridgehead atoms. The summed E-state index contributed by atoms with van der Waals surface area (Å²) < 4.78 is 1.31. The summed E-state index contributed by atoms with van der Waals surface area (Å²) in [5, 5.41) is 4.86. The van der Waals surface area contributed by atoms with E-state index in [-0.39, 0.29) is 5.56 Å². The van der Waals surface area contributed by atoms with Crippen LogP contribution >= 0.6 is 11.6 Å². The summed E-state index contributed by atoms with van der Waals surface area (Å²) in [6.45, 7) is 1.94. The van der Waals surface area contributed by atoms with Crippen molar-refractivity contribution in [1.82, 2.24) is 9.78 Å². The van der Waals surface area contributed by atoms with E-state index in [1.165, 1.54) is 10.7 Å². The Morgan fingerprint density at radius 2 is 2.00 bits per heavy atom. The maximum atomic E-state index is 11.2. The van der Waals surface area contributed by atoms with Crippen LogP contribution in [0.15, 0.2) is 35.1 Å². The van der Waals surface area contributed by atoms with Gasteiger partial charge in [0.15, 0.2) is 0 Å². The first-order valence-corrected chi connectivity index (χ1v) is 5.26. The van der Waals surface area contributed by atoms with E-state index in [0.717, 1.165) is 16.8 Å². The van der Waals surface area contributed by atoms with Crippen LogP contribution in [0, 0.1) is 6.92 Å². The lowest BCUT2D eigenvalue weighted by Gasteiger charge is -2.04. The van der Waals surface area contributed by atoms with Crippen LogP contribution in [0.25, 0.3) is 11.3 Å². The summed E-state index contributed by atoms with van der Waals surface area (Å²) in [5.41, 5.74) is 2.55. The van der Waals surface area contributed by atoms with Gasteiger partial charge in [0.25, 0.3) is 5.56 Å². The molecule has 0 radical (unpaired) electrons. The summed E-state index contributed by atoms with van der Waals surface area (Å²) >= 11 is 6.04. The zero-order valence-corrected chi connectivity index (χ0v) is 9.82. The lowest BCUT2D eigenvalue weighted by atomic mass is 10.1. The molecule has 4 heteroatoms. The summed E-state index contributed by atoms with van der Waals surface area (Å²) in [6.07, 6.45) is 0. The van der Waals surface area contributed by atoms with Crippen LogP contribution in [-0.4, -0.2) is 9.78 Å². The molecule has 0 atom stereocenters. The average molecular weight is 235 g/mol. The van der Waals surface area contributed by atoms with E-state index < -0.39 is 0 Å². The minimum absolute atomic E-state index is 0.123. The highest BCUT2D eigenvalue weighted by Crippen LogP contribution is 2.22. The van der Waals surface area contributed by atoms with Crippen LogP contribution in [0.1, 0.15) is 5.56 Å². The molecule has 0 aliphatic carbocycles. The number of aryl methyl sites for hydroxylation is 2. The Balaban J connectivity index is 2.54. The van der Waals surface area contributed by atoms with Crippen LogP contribution in [0.3, 0.4) is 0 Å². The van der Waals surface area contributed by atoms with Crippen molar-refractivity contribution < 1.29 is 0 Å². The third-order valence-electron chi connectivity index (χ3n) is 2.43. The molecule has 0 aliphatic heterocycles. The molecule has 0 aliphatic rings. The summed E-state index contributed by atoms with van der Waals surface area (Å²) in [4.78, 5) is 11.2. The second kappa shape index (κ2) is 4.10. The summed E-state index contributed by atoms with van der Waals surface area (Å²) in [5.74, 6) is 0. The quantitative estimate of drug-likeness (QED) is 0.760. The highest BCUT2D eigenvalue weighted by Gasteiger charge is 2.03. The van der Waals surface area contributed by atoms with Crippen molar-refractivity contribution in [1.29, 1.82) is 0 Å². The number of benzene rings is 1. The molecule has 1 aromatic carbocycles. The molecule has 0 saturated heterocycles. The first-order valence-electron chi connectivity index (χ1n) is 4.89. The third kappa shape index (κ3) is 1.99. The van der Waals surface area contributed by atoms with E-state index in [0.29, 0.717) is 5.02 Å². The standard InChI is InChI=1S/C12H11ClN2O/c1-8-3-4-9(7-10(8)13)11-5-6-12(16)15(2)14-11/h3-7H,1-2H3. The molecule has 82 valence electrons. The smallest absolute Gasteiger partial charge is 0.266 e. The second-order valence-corrected chi connectivity index (χ2v) is 4.05. The zero-order chi connectivity index (χ0) is 11.7. The first-order chi connectivity index (χ1) is 7.58. The van der Waals surface area contributed by atoms with Gasteiger partial charge in [-0.3, -0.25) is 4.79 Å². The Morgan fingerprint density at radius 1 is 1.25 bits per heavy atom. The molecule has 2 aromatic rings. The first kappa shape index (κ1) is 10.9. The maximum absolute atomic E-state index is 11.2. The molecule has 0 spiro atoms. The van der Waals surface area contributed by atoms with Crippen LogP contribution in [0.2, 0.25) is 5.02 Å². The Labute approximate surface area is 98.3 Å². The molecule has 3 nitrogen and oxygen atoms in total. The van der Waals surface area contributed by atoms with Gasteiger partial charge in [0.1, 0.15) is 0 Å². The maximum Gasteiger partial charge on any atom is 0.266 e. The van der Waals surface area contributed by atoms with Gasteiger partial charge in [-0.25, -0.2) is 4.68 Å². The summed E-state index contributed by atoms with van der Waals surface area (Å²) in [7, 11) is 1.63. The van der Waals surface area contributed by atoms with Gasteiger partial charge in [-0.1, -0.05) is 23.7 Å². The van der Waals surface area contributed by atoms with Crippen LogP contribution < -0.4 is 5.56 Å². The second-order valence-electron chi connectivity index (χ2n) is 3.64. The molecule has 2 rings (SSSR count). The minimum atomic E-state index is -0.123. The predicted molar refractivity (Wildman–Crippen MR) is 64.7 cm³/mol. The van der Waals surface area contributed by atoms with E-state index >= 15 is 0 Å². The molecule has 0 amide bonds. The number of aromatic nitrogens is 2. The number of nitrogens with zero attached hydrogens (tertiary/aromatic N) is 2. The third-order valence-corrected chi connectivity index (χ3v) is 2.84. The van der Waals surface area contributed by atoms with E-state index in [1.807, 2.05) is 25.1 Å². The average Bonchev–Trinajstić information content (AvgIpc) is 2.26. The largest absolute Gasteiger partial charge is 0.268 e. The number of halogens is 1. The van der Waals surface area contributed by atoms with Gasteiger partial charge in [0, 0.05) is 23.7 Å². The van der Waals surface area contributed by atoms with Gasteiger partial charge in [0.2, 0.25) is 0 Å². The SMILES string of the molecule is Cc1ccc(-c2ccc(=O)n(C)n2)cc1Cl. The van der Waals surface area contributed by atoms with Crippen molar-refractivity contribution in [2.24, 2.45) is 7.05 Å². The number of hydrogen-bond donors (Lipinski definition) is 0. The minimum Gasteiger partial charge on any atom is -0.268 e. The van der Waals surface area contributed by atoms with Crippen LogP contribution in [0.4, 0.5) is 0 Å². The van der Waals surface area contributed by atoms with Crippen molar-refractivity contribution in [3.8, 4) is 11.3 Å².